The zero-order valence-corrected chi connectivity index (χ0v) is 11.2. The first kappa shape index (κ1) is 11.9. The number of nitrogens with zero attached hydrogens (tertiary/aromatic N) is 1. The Morgan fingerprint density at radius 1 is 1.35 bits per heavy atom. The summed E-state index contributed by atoms with van der Waals surface area (Å²) in [6.45, 7) is 0. The van der Waals surface area contributed by atoms with Crippen LogP contribution in [0.15, 0.2) is 41.0 Å². The highest BCUT2D eigenvalue weighted by atomic mass is 79.9. The molecule has 0 saturated heterocycles. The minimum Gasteiger partial charge on any atom is -0.464 e. The van der Waals surface area contributed by atoms with E-state index in [1.165, 1.54) is 7.11 Å². The summed E-state index contributed by atoms with van der Waals surface area (Å²) in [5, 5.41) is 0. The van der Waals surface area contributed by atoms with Gasteiger partial charge in [-0.15, -0.1) is 0 Å². The molecule has 0 bridgehead atoms. The third-order valence-corrected chi connectivity index (χ3v) is 3.28. The minimum absolute atomic E-state index is 0.328. The third-order valence-electron chi connectivity index (χ3n) is 2.58. The third kappa shape index (κ3) is 2.26. The van der Waals surface area contributed by atoms with Crippen molar-refractivity contribution in [2.75, 3.05) is 7.11 Å². The number of rotatable bonds is 2. The van der Waals surface area contributed by atoms with Crippen LogP contribution in [0.4, 0.5) is 0 Å². The van der Waals surface area contributed by atoms with Crippen molar-refractivity contribution in [2.45, 2.75) is 0 Å². The van der Waals surface area contributed by atoms with Crippen LogP contribution < -0.4 is 0 Å². The monoisotopic (exact) mass is 293 g/mol. The van der Waals surface area contributed by atoms with Gasteiger partial charge in [0.2, 0.25) is 0 Å². The topological polar surface area (TPSA) is 31.2 Å². The largest absolute Gasteiger partial charge is 0.464 e. The molecule has 0 fully saturated rings. The van der Waals surface area contributed by atoms with E-state index in [2.05, 4.69) is 15.9 Å². The van der Waals surface area contributed by atoms with Gasteiger partial charge in [0.05, 0.1) is 7.11 Å². The van der Waals surface area contributed by atoms with Crippen molar-refractivity contribution in [2.24, 2.45) is 7.05 Å². The van der Waals surface area contributed by atoms with Crippen LogP contribution in [-0.4, -0.2) is 17.6 Å². The maximum Gasteiger partial charge on any atom is 0.354 e. The highest BCUT2D eigenvalue weighted by molar-refractivity contribution is 9.10. The molecule has 1 heterocycles. The van der Waals surface area contributed by atoms with Gasteiger partial charge in [-0.05, 0) is 17.7 Å². The van der Waals surface area contributed by atoms with Gasteiger partial charge >= 0.3 is 5.97 Å². The maximum absolute atomic E-state index is 11.5. The number of hydrogen-bond acceptors (Lipinski definition) is 2. The minimum atomic E-state index is -0.328. The van der Waals surface area contributed by atoms with E-state index in [9.17, 15) is 4.79 Å². The maximum atomic E-state index is 11.5. The van der Waals surface area contributed by atoms with E-state index in [1.54, 1.807) is 4.57 Å². The molecule has 17 heavy (non-hydrogen) atoms. The van der Waals surface area contributed by atoms with Gasteiger partial charge in [-0.1, -0.05) is 34.1 Å². The summed E-state index contributed by atoms with van der Waals surface area (Å²) in [7, 11) is 3.21. The van der Waals surface area contributed by atoms with Gasteiger partial charge in [0.25, 0.3) is 0 Å². The van der Waals surface area contributed by atoms with Crippen LogP contribution in [0, 0.1) is 0 Å². The van der Waals surface area contributed by atoms with Crippen molar-refractivity contribution in [3.8, 4) is 11.1 Å². The summed E-state index contributed by atoms with van der Waals surface area (Å²) in [5.41, 5.74) is 2.58. The number of hydrogen-bond donors (Lipinski definition) is 0. The molecule has 0 aliphatic rings. The average Bonchev–Trinajstić information content (AvgIpc) is 2.71. The number of benzene rings is 1. The summed E-state index contributed by atoms with van der Waals surface area (Å²) >= 11 is 3.50. The van der Waals surface area contributed by atoms with Crippen LogP contribution in [0.1, 0.15) is 10.5 Å². The molecule has 0 aliphatic heterocycles. The summed E-state index contributed by atoms with van der Waals surface area (Å²) in [5.74, 6) is -0.328. The molecule has 3 nitrogen and oxygen atoms in total. The van der Waals surface area contributed by atoms with Crippen molar-refractivity contribution < 1.29 is 9.53 Å². The van der Waals surface area contributed by atoms with Gasteiger partial charge in [-0.3, -0.25) is 0 Å². The SMILES string of the molecule is COC(=O)c1cc(-c2ccccc2Br)cn1C. The molecule has 0 spiro atoms. The zero-order chi connectivity index (χ0) is 12.4. The second kappa shape index (κ2) is 4.75. The molecule has 1 aromatic heterocycles. The average molecular weight is 294 g/mol. The molecular weight excluding hydrogens is 282 g/mol. The van der Waals surface area contributed by atoms with Gasteiger partial charge in [-0.25, -0.2) is 4.79 Å². The number of esters is 1. The lowest BCUT2D eigenvalue weighted by Gasteiger charge is -1.99. The summed E-state index contributed by atoms with van der Waals surface area (Å²) in [6.07, 6.45) is 1.91. The van der Waals surface area contributed by atoms with Gasteiger partial charge in [-0.2, -0.15) is 0 Å². The van der Waals surface area contributed by atoms with Crippen LogP contribution >= 0.6 is 15.9 Å². The molecule has 2 rings (SSSR count). The molecule has 88 valence electrons. The first-order chi connectivity index (χ1) is 8.13. The Labute approximate surface area is 108 Å². The molecule has 1 aromatic carbocycles. The Bertz CT molecular complexity index is 560. The standard InChI is InChI=1S/C13H12BrNO2/c1-15-8-9(7-12(15)13(16)17-2)10-5-3-4-6-11(10)14/h3-8H,1-2H3. The molecule has 0 saturated carbocycles. The molecule has 0 atom stereocenters. The molecule has 2 aromatic rings. The lowest BCUT2D eigenvalue weighted by molar-refractivity contribution is 0.0590. The highest BCUT2D eigenvalue weighted by Gasteiger charge is 2.13. The number of carbonyl (C=O) groups is 1. The fraction of sp³-hybridized carbons (Fsp3) is 0.154. The Balaban J connectivity index is 2.49. The second-order valence-electron chi connectivity index (χ2n) is 3.70. The first-order valence-electron chi connectivity index (χ1n) is 5.13. The molecule has 0 unspecified atom stereocenters. The fourth-order valence-corrected chi connectivity index (χ4v) is 2.23. The smallest absolute Gasteiger partial charge is 0.354 e. The molecule has 0 amide bonds. The van der Waals surface area contributed by atoms with E-state index in [1.807, 2.05) is 43.6 Å². The van der Waals surface area contributed by atoms with Crippen LogP contribution in [0.2, 0.25) is 0 Å². The van der Waals surface area contributed by atoms with Crippen LogP contribution in [0.3, 0.4) is 0 Å². The lowest BCUT2D eigenvalue weighted by Crippen LogP contribution is -2.06. The highest BCUT2D eigenvalue weighted by Crippen LogP contribution is 2.29. The van der Waals surface area contributed by atoms with E-state index < -0.39 is 0 Å². The molecule has 0 aliphatic carbocycles. The van der Waals surface area contributed by atoms with Gasteiger partial charge in [0.1, 0.15) is 5.69 Å². The van der Waals surface area contributed by atoms with Crippen molar-refractivity contribution in [1.82, 2.24) is 4.57 Å². The van der Waals surface area contributed by atoms with E-state index >= 15 is 0 Å². The van der Waals surface area contributed by atoms with Crippen molar-refractivity contribution in [1.29, 1.82) is 0 Å². The fourth-order valence-electron chi connectivity index (χ4n) is 1.71. The lowest BCUT2D eigenvalue weighted by atomic mass is 10.1. The zero-order valence-electron chi connectivity index (χ0n) is 9.61. The van der Waals surface area contributed by atoms with Gasteiger partial charge < -0.3 is 9.30 Å². The number of aromatic nitrogens is 1. The van der Waals surface area contributed by atoms with E-state index in [4.69, 9.17) is 4.74 Å². The first-order valence-corrected chi connectivity index (χ1v) is 5.92. The van der Waals surface area contributed by atoms with Gasteiger partial charge in [0, 0.05) is 23.3 Å². The summed E-state index contributed by atoms with van der Waals surface area (Å²) in [6, 6.07) is 9.72. The Hall–Kier alpha value is -1.55. The number of methoxy groups -OCH3 is 1. The van der Waals surface area contributed by atoms with Crippen molar-refractivity contribution >= 4 is 21.9 Å². The van der Waals surface area contributed by atoms with Crippen molar-refractivity contribution in [3.05, 3.63) is 46.7 Å². The Kier molecular flexibility index (Phi) is 3.33. The normalized spacial score (nSPS) is 10.3. The van der Waals surface area contributed by atoms with Crippen molar-refractivity contribution in [3.63, 3.8) is 0 Å². The van der Waals surface area contributed by atoms with Crippen LogP contribution in [0.5, 0.6) is 0 Å². The quantitative estimate of drug-likeness (QED) is 0.796. The van der Waals surface area contributed by atoms with E-state index in [0.717, 1.165) is 15.6 Å². The predicted molar refractivity (Wildman–Crippen MR) is 69.9 cm³/mol. The molecule has 0 radical (unpaired) electrons. The van der Waals surface area contributed by atoms with E-state index in [-0.39, 0.29) is 5.97 Å². The second-order valence-corrected chi connectivity index (χ2v) is 4.55. The van der Waals surface area contributed by atoms with Crippen LogP contribution in [0.25, 0.3) is 11.1 Å². The number of carbonyl (C=O) groups excluding carboxylic acids is 1. The number of halogens is 1. The summed E-state index contributed by atoms with van der Waals surface area (Å²) in [4.78, 5) is 11.5. The predicted octanol–water partition coefficient (Wildman–Crippen LogP) is 3.24. The Morgan fingerprint density at radius 3 is 2.71 bits per heavy atom. The van der Waals surface area contributed by atoms with E-state index in [0.29, 0.717) is 5.69 Å². The molecule has 0 N–H and O–H groups in total. The van der Waals surface area contributed by atoms with Crippen LogP contribution in [-0.2, 0) is 11.8 Å². The number of ether oxygens (including phenoxy) is 1. The van der Waals surface area contributed by atoms with Gasteiger partial charge in [0.15, 0.2) is 0 Å². The summed E-state index contributed by atoms with van der Waals surface area (Å²) < 4.78 is 7.49. The molecule has 4 heteroatoms. The Morgan fingerprint density at radius 2 is 2.06 bits per heavy atom. The molecular formula is C13H12BrNO2. The number of aryl methyl sites for hydroxylation is 1.